The molecule has 1 aromatic heterocycles. The molecule has 0 aliphatic rings. The predicted octanol–water partition coefficient (Wildman–Crippen LogP) is 3.78. The summed E-state index contributed by atoms with van der Waals surface area (Å²) in [6.07, 6.45) is 0. The van der Waals surface area contributed by atoms with Gasteiger partial charge in [0.1, 0.15) is 11.6 Å². The molecule has 0 atom stereocenters. The Morgan fingerprint density at radius 3 is 2.81 bits per heavy atom. The summed E-state index contributed by atoms with van der Waals surface area (Å²) < 4.78 is 16.6. The molecule has 0 spiro atoms. The first-order valence-electron chi connectivity index (χ1n) is 5.97. The largest absolute Gasteiger partial charge is 0.407 e. The topological polar surface area (TPSA) is 72.0 Å². The van der Waals surface area contributed by atoms with E-state index >= 15 is 0 Å². The van der Waals surface area contributed by atoms with Gasteiger partial charge in [0.05, 0.1) is 16.5 Å². The molecule has 0 saturated heterocycles. The van der Waals surface area contributed by atoms with Gasteiger partial charge in [0.15, 0.2) is 0 Å². The number of H-pyrrole nitrogens is 1. The van der Waals surface area contributed by atoms with E-state index in [1.54, 1.807) is 36.4 Å². The van der Waals surface area contributed by atoms with Crippen LogP contribution in [0.3, 0.4) is 0 Å². The molecule has 3 rings (SSSR count). The lowest BCUT2D eigenvalue weighted by Crippen LogP contribution is -2.10. The Balaban J connectivity index is 2.24. The highest BCUT2D eigenvalue weighted by molar-refractivity contribution is 14.1. The minimum Gasteiger partial charge on any atom is -0.407 e. The Morgan fingerprint density at radius 2 is 2.00 bits per heavy atom. The fourth-order valence-corrected chi connectivity index (χ4v) is 2.75. The van der Waals surface area contributed by atoms with Crippen molar-refractivity contribution in [2.45, 2.75) is 0 Å². The van der Waals surface area contributed by atoms with Gasteiger partial charge in [-0.25, -0.2) is 9.55 Å². The van der Waals surface area contributed by atoms with Crippen LogP contribution in [-0.4, -0.2) is 9.97 Å². The zero-order valence-corrected chi connectivity index (χ0v) is 13.6. The average molecular weight is 410 g/mol. The number of hydrogen-bond acceptors (Lipinski definition) is 4. The predicted molar refractivity (Wildman–Crippen MR) is 88.8 cm³/mol. The second-order valence-corrected chi connectivity index (χ2v) is 5.82. The number of aromatic nitrogens is 2. The number of aromatic amines is 1. The number of benzene rings is 2. The number of para-hydroxylation sites is 1. The first-order chi connectivity index (χ1) is 10.2. The zero-order valence-electron chi connectivity index (χ0n) is 10.5. The highest BCUT2D eigenvalue weighted by Crippen LogP contribution is 2.29. The van der Waals surface area contributed by atoms with E-state index in [9.17, 15) is 9.36 Å². The van der Waals surface area contributed by atoms with Crippen LogP contribution in [0.5, 0.6) is 5.75 Å². The van der Waals surface area contributed by atoms with Crippen LogP contribution in [-0.2, 0) is 4.57 Å². The van der Waals surface area contributed by atoms with E-state index < -0.39 is 8.69 Å². The first-order valence-corrected chi connectivity index (χ1v) is 7.78. The molecule has 0 saturated carbocycles. The molecule has 21 heavy (non-hydrogen) atoms. The number of hydrogen-bond donors (Lipinski definition) is 1. The summed E-state index contributed by atoms with van der Waals surface area (Å²) in [4.78, 5) is 19.4. The van der Waals surface area contributed by atoms with Gasteiger partial charge in [-0.15, -0.1) is 0 Å². The minimum absolute atomic E-state index is 0.219. The van der Waals surface area contributed by atoms with Crippen LogP contribution >= 0.6 is 31.3 Å². The van der Waals surface area contributed by atoms with Crippen LogP contribution in [0.1, 0.15) is 0 Å². The number of fused-ring (bicyclic) bond motifs is 1. The van der Waals surface area contributed by atoms with E-state index in [4.69, 9.17) is 4.52 Å². The summed E-state index contributed by atoms with van der Waals surface area (Å²) in [7, 11) is -0.457. The fourth-order valence-electron chi connectivity index (χ4n) is 2.02. The Labute approximate surface area is 134 Å². The molecule has 104 valence electrons. The molecule has 2 aromatic carbocycles. The van der Waals surface area contributed by atoms with Gasteiger partial charge in [0, 0.05) is 3.57 Å². The van der Waals surface area contributed by atoms with E-state index in [0.717, 1.165) is 3.57 Å². The van der Waals surface area contributed by atoms with Crippen molar-refractivity contribution in [2.24, 2.45) is 0 Å². The number of nitrogens with one attached hydrogen (secondary N) is 1. The van der Waals surface area contributed by atoms with Crippen molar-refractivity contribution >= 4 is 42.2 Å². The van der Waals surface area contributed by atoms with E-state index in [1.807, 2.05) is 6.07 Å². The molecule has 3 aromatic rings. The highest BCUT2D eigenvalue weighted by atomic mass is 127. The minimum atomic E-state index is -0.457. The lowest BCUT2D eigenvalue weighted by molar-refractivity contribution is 0.526. The van der Waals surface area contributed by atoms with Gasteiger partial charge in [0.25, 0.3) is 5.56 Å². The zero-order chi connectivity index (χ0) is 14.8. The van der Waals surface area contributed by atoms with Gasteiger partial charge in [0.2, 0.25) is 0 Å². The van der Waals surface area contributed by atoms with Gasteiger partial charge in [-0.05, 0) is 52.9 Å². The van der Waals surface area contributed by atoms with Gasteiger partial charge in [-0.1, -0.05) is 12.1 Å². The Kier molecular flexibility index (Phi) is 3.98. The summed E-state index contributed by atoms with van der Waals surface area (Å²) in [5.41, 5.74) is 0.963. The molecule has 0 fully saturated rings. The van der Waals surface area contributed by atoms with Gasteiger partial charge in [-0.2, -0.15) is 0 Å². The molecule has 0 aliphatic carbocycles. The van der Waals surface area contributed by atoms with Crippen molar-refractivity contribution in [3.8, 4) is 17.1 Å². The fraction of sp³-hybridized carbons (Fsp3) is 0. The third-order valence-electron chi connectivity index (χ3n) is 2.95. The summed E-state index contributed by atoms with van der Waals surface area (Å²) in [5, 5.41) is 0.533. The third kappa shape index (κ3) is 2.82. The third-order valence-corrected chi connectivity index (χ3v) is 3.89. The number of rotatable bonds is 3. The summed E-state index contributed by atoms with van der Waals surface area (Å²) in [6, 6.07) is 12.4. The Morgan fingerprint density at radius 1 is 1.19 bits per heavy atom. The number of nitrogens with zero attached hydrogens (tertiary/aromatic N) is 1. The van der Waals surface area contributed by atoms with E-state index in [0.29, 0.717) is 28.0 Å². The van der Waals surface area contributed by atoms with Crippen LogP contribution in [0.2, 0.25) is 0 Å². The first kappa shape index (κ1) is 14.2. The smallest absolute Gasteiger partial charge is 0.395 e. The molecule has 0 bridgehead atoms. The normalized spacial score (nSPS) is 10.9. The maximum absolute atomic E-state index is 12.2. The van der Waals surface area contributed by atoms with E-state index in [2.05, 4.69) is 32.6 Å². The molecule has 0 unspecified atom stereocenters. The average Bonchev–Trinajstić information content (AvgIpc) is 2.49. The molecular formula is C14H8IN2O3P. The second kappa shape index (κ2) is 5.91. The molecule has 1 N–H and O–H groups in total. The van der Waals surface area contributed by atoms with Gasteiger partial charge < -0.3 is 9.51 Å². The molecule has 0 radical (unpaired) electrons. The van der Waals surface area contributed by atoms with Crippen LogP contribution < -0.4 is 10.1 Å². The highest BCUT2D eigenvalue weighted by Gasteiger charge is 2.11. The molecule has 5 nitrogen and oxygen atoms in total. The van der Waals surface area contributed by atoms with Crippen LogP contribution in [0, 0.1) is 3.57 Å². The second-order valence-electron chi connectivity index (χ2n) is 4.24. The number of halogens is 1. The van der Waals surface area contributed by atoms with Crippen LogP contribution in [0.15, 0.2) is 47.3 Å². The van der Waals surface area contributed by atoms with Crippen molar-refractivity contribution in [2.75, 3.05) is 0 Å². The molecule has 0 aliphatic heterocycles. The molecule has 0 amide bonds. The maximum atomic E-state index is 12.2. The van der Waals surface area contributed by atoms with E-state index in [1.165, 1.54) is 0 Å². The van der Waals surface area contributed by atoms with Crippen molar-refractivity contribution in [3.05, 3.63) is 56.4 Å². The summed E-state index contributed by atoms with van der Waals surface area (Å²) in [5.74, 6) is 0.773. The molecule has 1 heterocycles. The maximum Gasteiger partial charge on any atom is 0.395 e. The van der Waals surface area contributed by atoms with Crippen molar-refractivity contribution in [3.63, 3.8) is 0 Å². The summed E-state index contributed by atoms with van der Waals surface area (Å²) in [6.45, 7) is 0. The lowest BCUT2D eigenvalue weighted by atomic mass is 10.1. The molecule has 7 heteroatoms. The van der Waals surface area contributed by atoms with Crippen LogP contribution in [0.25, 0.3) is 22.3 Å². The van der Waals surface area contributed by atoms with Crippen molar-refractivity contribution in [1.82, 2.24) is 9.97 Å². The Bertz CT molecular complexity index is 895. The van der Waals surface area contributed by atoms with Gasteiger partial charge in [-0.3, -0.25) is 4.79 Å². The summed E-state index contributed by atoms with van der Waals surface area (Å²) >= 11 is 2.14. The van der Waals surface area contributed by atoms with Crippen molar-refractivity contribution in [1.29, 1.82) is 0 Å². The quantitative estimate of drug-likeness (QED) is 0.527. The lowest BCUT2D eigenvalue weighted by Gasteiger charge is -2.07. The monoisotopic (exact) mass is 410 g/mol. The van der Waals surface area contributed by atoms with Crippen LogP contribution in [0.4, 0.5) is 0 Å². The van der Waals surface area contributed by atoms with E-state index in [-0.39, 0.29) is 5.56 Å². The molecular weight excluding hydrogens is 402 g/mol. The Hall–Kier alpha value is -1.79. The van der Waals surface area contributed by atoms with Crippen molar-refractivity contribution < 1.29 is 9.09 Å². The standard InChI is InChI=1S/C14H8IN2O3P/c15-8-5-6-11-10(7-8)14(18)17-13(16-11)9-3-1-2-4-12(9)20-21-19/h1-7H,(H,16,17,18). The SMILES string of the molecule is O=POc1ccccc1-c1nc2ccc(I)cc2c(=O)[nH]1. The van der Waals surface area contributed by atoms with Gasteiger partial charge >= 0.3 is 8.69 Å².